The van der Waals surface area contributed by atoms with Crippen molar-refractivity contribution in [2.75, 3.05) is 57.4 Å². The summed E-state index contributed by atoms with van der Waals surface area (Å²) in [6, 6.07) is 6.43. The fourth-order valence-electron chi connectivity index (χ4n) is 10.7. The van der Waals surface area contributed by atoms with E-state index in [1.54, 1.807) is 23.9 Å². The Labute approximate surface area is 311 Å². The number of aryl methyl sites for hydroxylation is 2. The normalized spacial score (nSPS) is 27.3. The van der Waals surface area contributed by atoms with Gasteiger partial charge in [0, 0.05) is 75.5 Å². The van der Waals surface area contributed by atoms with E-state index < -0.39 is 23.3 Å². The van der Waals surface area contributed by atoms with Crippen LogP contribution in [0.4, 0.5) is 19.0 Å². The Morgan fingerprint density at radius 3 is 2.65 bits per heavy atom. The molecule has 0 radical (unpaired) electrons. The number of hydrogen-bond donors (Lipinski definition) is 1. The molecule has 3 aromatic carbocycles. The van der Waals surface area contributed by atoms with Crippen LogP contribution in [0.2, 0.25) is 0 Å². The third kappa shape index (κ3) is 5.43. The zero-order chi connectivity index (χ0) is 36.9. The lowest BCUT2D eigenvalue weighted by atomic mass is 9.90. The van der Waals surface area contributed by atoms with Gasteiger partial charge in [-0.1, -0.05) is 13.0 Å². The predicted octanol–water partition coefficient (Wildman–Crippen LogP) is 6.53. The molecule has 2 aromatic heterocycles. The molecular formula is C41H46F3N7O3. The fourth-order valence-corrected chi connectivity index (χ4v) is 10.7. The van der Waals surface area contributed by atoms with E-state index in [0.717, 1.165) is 71.5 Å². The first kappa shape index (κ1) is 34.3. The Kier molecular flexibility index (Phi) is 8.22. The fraction of sp³-hybridized carbons (Fsp3) is 0.537. The van der Waals surface area contributed by atoms with E-state index in [0.29, 0.717) is 69.3 Å². The standard InChI is InChI=1S/C41H46F3N7O3/c1-3-29-32(43)8-5-24-13-28(52)14-30(33(24)29)34-36(44)38-35(31-20-48(2)47-37(31)34)39(46-40(45-38)54-22-41-10-4-11-50(41)17-25(42)15-41)51-26-6-7-27(51)19-49(18-26)16-23-9-12-53-21-23/h5,8,13-14,20,23,25-27,52H,3-4,6-7,9-12,15-19,21-22H2,1-2H3/t23?,25-,26-,27+,41+/m1/s1. The molecule has 0 saturated carbocycles. The second kappa shape index (κ2) is 12.9. The van der Waals surface area contributed by atoms with E-state index >= 15 is 8.78 Å². The Morgan fingerprint density at radius 1 is 1.04 bits per heavy atom. The summed E-state index contributed by atoms with van der Waals surface area (Å²) in [6.07, 6.45) is 6.54. The molecule has 0 amide bonds. The molecule has 5 fully saturated rings. The first-order chi connectivity index (χ1) is 26.2. The number of halogens is 3. The first-order valence-electron chi connectivity index (χ1n) is 19.6. The summed E-state index contributed by atoms with van der Waals surface area (Å²) in [4.78, 5) is 17.1. The zero-order valence-electron chi connectivity index (χ0n) is 30.8. The maximum Gasteiger partial charge on any atom is 0.319 e. The van der Waals surface area contributed by atoms with Gasteiger partial charge in [-0.3, -0.25) is 14.5 Å². The van der Waals surface area contributed by atoms with Crippen LogP contribution in [-0.4, -0.2) is 111 Å². The van der Waals surface area contributed by atoms with E-state index in [4.69, 9.17) is 24.5 Å². The van der Waals surface area contributed by atoms with Gasteiger partial charge in [0.15, 0.2) is 5.82 Å². The van der Waals surface area contributed by atoms with Crippen molar-refractivity contribution in [3.8, 4) is 22.9 Å². The van der Waals surface area contributed by atoms with Gasteiger partial charge < -0.3 is 19.5 Å². The minimum atomic E-state index is -0.918. The Bertz CT molecular complexity index is 2280. The van der Waals surface area contributed by atoms with Crippen molar-refractivity contribution in [3.05, 3.63) is 47.7 Å². The van der Waals surface area contributed by atoms with E-state index in [1.807, 2.05) is 13.1 Å². The number of nitrogens with zero attached hydrogens (tertiary/aromatic N) is 7. The van der Waals surface area contributed by atoms with Crippen molar-refractivity contribution in [3.63, 3.8) is 0 Å². The zero-order valence-corrected chi connectivity index (χ0v) is 30.8. The Hall–Kier alpha value is -4.20. The summed E-state index contributed by atoms with van der Waals surface area (Å²) >= 11 is 0. The molecule has 0 aliphatic carbocycles. The van der Waals surface area contributed by atoms with Gasteiger partial charge in [0.2, 0.25) is 0 Å². The molecule has 1 unspecified atom stereocenters. The van der Waals surface area contributed by atoms with Crippen LogP contribution >= 0.6 is 0 Å². The van der Waals surface area contributed by atoms with Crippen molar-refractivity contribution in [2.24, 2.45) is 13.0 Å². The molecule has 5 aliphatic rings. The number of phenols is 1. The molecule has 2 bridgehead atoms. The molecule has 10 rings (SSSR count). The van der Waals surface area contributed by atoms with Crippen LogP contribution in [0.15, 0.2) is 30.5 Å². The Morgan fingerprint density at radius 2 is 1.87 bits per heavy atom. The van der Waals surface area contributed by atoms with Crippen molar-refractivity contribution in [1.29, 1.82) is 0 Å². The van der Waals surface area contributed by atoms with Crippen molar-refractivity contribution < 1.29 is 27.8 Å². The number of ether oxygens (including phenoxy) is 2. The average molecular weight is 742 g/mol. The molecule has 5 aromatic rings. The number of piperazine rings is 1. The van der Waals surface area contributed by atoms with Gasteiger partial charge in [0.05, 0.1) is 17.5 Å². The minimum Gasteiger partial charge on any atom is -0.508 e. The largest absolute Gasteiger partial charge is 0.508 e. The van der Waals surface area contributed by atoms with Crippen LogP contribution in [0.25, 0.3) is 43.7 Å². The van der Waals surface area contributed by atoms with Gasteiger partial charge in [-0.15, -0.1) is 0 Å². The maximum atomic E-state index is 17.9. The second-order valence-electron chi connectivity index (χ2n) is 16.4. The molecule has 54 heavy (non-hydrogen) atoms. The van der Waals surface area contributed by atoms with Gasteiger partial charge in [-0.25, -0.2) is 13.2 Å². The van der Waals surface area contributed by atoms with Crippen LogP contribution in [0.5, 0.6) is 11.8 Å². The summed E-state index contributed by atoms with van der Waals surface area (Å²) in [7, 11) is 1.80. The highest BCUT2D eigenvalue weighted by atomic mass is 19.1. The molecule has 5 atom stereocenters. The van der Waals surface area contributed by atoms with Crippen LogP contribution in [0.3, 0.4) is 0 Å². The summed E-state index contributed by atoms with van der Waals surface area (Å²) in [5.74, 6) is 0.0481. The Balaban J connectivity index is 1.17. The third-order valence-corrected chi connectivity index (χ3v) is 13.0. The number of benzene rings is 3. The highest BCUT2D eigenvalue weighted by molar-refractivity contribution is 6.18. The molecule has 1 N–H and O–H groups in total. The molecule has 10 nitrogen and oxygen atoms in total. The summed E-state index contributed by atoms with van der Waals surface area (Å²) in [5.41, 5.74) is 0.934. The van der Waals surface area contributed by atoms with Gasteiger partial charge in [-0.05, 0) is 91.1 Å². The van der Waals surface area contributed by atoms with Gasteiger partial charge in [-0.2, -0.15) is 15.1 Å². The third-order valence-electron chi connectivity index (χ3n) is 13.0. The number of aromatic hydroxyl groups is 1. The predicted molar refractivity (Wildman–Crippen MR) is 201 cm³/mol. The summed E-state index contributed by atoms with van der Waals surface area (Å²) < 4.78 is 61.8. The summed E-state index contributed by atoms with van der Waals surface area (Å²) in [5, 5.41) is 18.1. The van der Waals surface area contributed by atoms with Gasteiger partial charge in [0.25, 0.3) is 0 Å². The van der Waals surface area contributed by atoms with E-state index in [1.165, 1.54) is 12.1 Å². The number of hydrogen-bond acceptors (Lipinski definition) is 9. The van der Waals surface area contributed by atoms with E-state index in [2.05, 4.69) is 14.7 Å². The van der Waals surface area contributed by atoms with Crippen LogP contribution in [0, 0.1) is 17.6 Å². The number of aromatic nitrogens is 4. The number of anilines is 1. The van der Waals surface area contributed by atoms with Crippen molar-refractivity contribution in [2.45, 2.75) is 75.7 Å². The smallest absolute Gasteiger partial charge is 0.319 e. The minimum absolute atomic E-state index is 0.0557. The van der Waals surface area contributed by atoms with Crippen LogP contribution in [0.1, 0.15) is 51.0 Å². The average Bonchev–Trinajstić information content (AvgIpc) is 3.97. The molecule has 13 heteroatoms. The molecular weight excluding hydrogens is 695 g/mol. The maximum absolute atomic E-state index is 17.9. The summed E-state index contributed by atoms with van der Waals surface area (Å²) in [6.45, 7) is 7.63. The lowest BCUT2D eigenvalue weighted by molar-refractivity contribution is 0.107. The SMILES string of the molecule is CCc1c(F)ccc2cc(O)cc(-c3c(F)c4nc(OC[C@@]56CCCN5C[C@H](F)C6)nc(N5[C@@H]6CC[C@H]5CN(CC5CCOC5)C6)c4c4cn(C)nc34)c12. The number of phenolic OH excluding ortho intramolecular Hbond substituents is 1. The molecule has 5 aliphatic heterocycles. The van der Waals surface area contributed by atoms with Crippen LogP contribution < -0.4 is 9.64 Å². The lowest BCUT2D eigenvalue weighted by Gasteiger charge is -2.43. The van der Waals surface area contributed by atoms with Crippen LogP contribution in [-0.2, 0) is 18.2 Å². The van der Waals surface area contributed by atoms with Gasteiger partial charge in [0.1, 0.15) is 41.2 Å². The lowest BCUT2D eigenvalue weighted by Crippen LogP contribution is -2.55. The van der Waals surface area contributed by atoms with Crippen molar-refractivity contribution in [1.82, 2.24) is 29.5 Å². The number of likely N-dealkylation sites (tertiary alicyclic amines) is 1. The van der Waals surface area contributed by atoms with Crippen molar-refractivity contribution >= 4 is 38.4 Å². The second-order valence-corrected chi connectivity index (χ2v) is 16.4. The van der Waals surface area contributed by atoms with E-state index in [9.17, 15) is 9.50 Å². The quantitative estimate of drug-likeness (QED) is 0.191. The van der Waals surface area contributed by atoms with E-state index in [-0.39, 0.29) is 41.5 Å². The number of fused-ring (bicyclic) bond motifs is 7. The molecule has 0 spiro atoms. The topological polar surface area (TPSA) is 92.0 Å². The molecule has 5 saturated heterocycles. The van der Waals surface area contributed by atoms with Gasteiger partial charge >= 0.3 is 6.01 Å². The molecule has 284 valence electrons. The number of rotatable bonds is 8. The number of alkyl halides is 1. The highest BCUT2D eigenvalue weighted by Crippen LogP contribution is 2.47. The molecule has 7 heterocycles. The monoisotopic (exact) mass is 741 g/mol. The first-order valence-corrected chi connectivity index (χ1v) is 19.6. The highest BCUT2D eigenvalue weighted by Gasteiger charge is 2.50.